The number of rotatable bonds is 9. The molecule has 4 aromatic carbocycles. The molecule has 4 aromatic rings. The molecule has 1 aliphatic rings. The summed E-state index contributed by atoms with van der Waals surface area (Å²) in [7, 11) is 0. The van der Waals surface area contributed by atoms with Crippen molar-refractivity contribution in [3.63, 3.8) is 0 Å². The van der Waals surface area contributed by atoms with E-state index in [1.54, 1.807) is 24.3 Å². The highest BCUT2D eigenvalue weighted by molar-refractivity contribution is 6.08. The third-order valence-electron chi connectivity index (χ3n) is 7.90. The fourth-order valence-electron chi connectivity index (χ4n) is 5.66. The Labute approximate surface area is 254 Å². The molecule has 1 aliphatic heterocycles. The highest BCUT2D eigenvalue weighted by Gasteiger charge is 2.33. The van der Waals surface area contributed by atoms with Crippen molar-refractivity contribution in [1.29, 1.82) is 0 Å². The van der Waals surface area contributed by atoms with Gasteiger partial charge in [-0.15, -0.1) is 0 Å². The third-order valence-corrected chi connectivity index (χ3v) is 7.90. The Morgan fingerprint density at radius 1 is 0.864 bits per heavy atom. The summed E-state index contributed by atoms with van der Waals surface area (Å²) in [6.45, 7) is 1.12. The lowest BCUT2D eigenvalue weighted by Gasteiger charge is -2.36. The second-order valence-corrected chi connectivity index (χ2v) is 10.7. The summed E-state index contributed by atoms with van der Waals surface area (Å²) in [6, 6.07) is 28.2. The van der Waals surface area contributed by atoms with Crippen LogP contribution in [0.15, 0.2) is 103 Å². The van der Waals surface area contributed by atoms with Crippen molar-refractivity contribution in [1.82, 2.24) is 4.90 Å². The van der Waals surface area contributed by atoms with Crippen LogP contribution in [0.1, 0.15) is 51.8 Å². The number of carbonyl (C=O) groups excluding carboxylic acids is 2. The number of amides is 1. The predicted octanol–water partition coefficient (Wildman–Crippen LogP) is 7.08. The maximum atomic E-state index is 13.2. The van der Waals surface area contributed by atoms with Crippen molar-refractivity contribution < 1.29 is 32.6 Å². The first-order valence-corrected chi connectivity index (χ1v) is 14.5. The van der Waals surface area contributed by atoms with E-state index in [1.807, 2.05) is 54.6 Å². The van der Waals surface area contributed by atoms with Crippen molar-refractivity contribution in [3.05, 3.63) is 125 Å². The van der Waals surface area contributed by atoms with Gasteiger partial charge in [0.15, 0.2) is 0 Å². The van der Waals surface area contributed by atoms with Crippen LogP contribution >= 0.6 is 0 Å². The molecule has 0 aliphatic carbocycles. The topological polar surface area (TPSA) is 78.9 Å². The van der Waals surface area contributed by atoms with Crippen LogP contribution in [-0.4, -0.2) is 48.2 Å². The summed E-state index contributed by atoms with van der Waals surface area (Å²) < 4.78 is 44.3. The Balaban J connectivity index is 1.23. The minimum atomic E-state index is -4.43. The molecule has 5 rings (SSSR count). The molecule has 1 unspecified atom stereocenters. The summed E-state index contributed by atoms with van der Waals surface area (Å²) in [5, 5.41) is 12.0. The largest absolute Gasteiger partial charge is 0.462 e. The molecule has 1 fully saturated rings. The second-order valence-electron chi connectivity index (χ2n) is 10.7. The van der Waals surface area contributed by atoms with Gasteiger partial charge in [0.2, 0.25) is 0 Å². The molecule has 0 radical (unpaired) electrons. The monoisotopic (exact) mass is 602 g/mol. The molecule has 0 bridgehead atoms. The fourth-order valence-corrected chi connectivity index (χ4v) is 5.66. The Morgan fingerprint density at radius 3 is 2.14 bits per heavy atom. The number of nitrogens with zero attached hydrogens (tertiary/aromatic N) is 1. The van der Waals surface area contributed by atoms with E-state index in [-0.39, 0.29) is 31.0 Å². The van der Waals surface area contributed by atoms with E-state index < -0.39 is 17.8 Å². The van der Waals surface area contributed by atoms with Crippen LogP contribution < -0.4 is 5.32 Å². The van der Waals surface area contributed by atoms with E-state index in [2.05, 4.69) is 10.2 Å². The number of ether oxygens (including phenoxy) is 1. The molecule has 228 valence electrons. The first kappa shape index (κ1) is 31.0. The molecule has 1 atom stereocenters. The quantitative estimate of drug-likeness (QED) is 0.200. The zero-order valence-electron chi connectivity index (χ0n) is 24.0. The number of esters is 1. The average Bonchev–Trinajstić information content (AvgIpc) is 3.05. The number of hydrogen-bond donors (Lipinski definition) is 2. The number of nitrogens with one attached hydrogen (secondary N) is 1. The summed E-state index contributed by atoms with van der Waals surface area (Å²) in [4.78, 5) is 28.2. The van der Waals surface area contributed by atoms with E-state index in [9.17, 15) is 22.8 Å². The van der Waals surface area contributed by atoms with Crippen molar-refractivity contribution in [2.75, 3.05) is 31.6 Å². The molecule has 0 saturated carbocycles. The predicted molar refractivity (Wildman–Crippen MR) is 162 cm³/mol. The molecule has 6 nitrogen and oxygen atoms in total. The molecule has 2 N–H and O–H groups in total. The van der Waals surface area contributed by atoms with Crippen LogP contribution in [0.3, 0.4) is 0 Å². The SMILES string of the molecule is O=C(Nc1ccc(C2CCN(C(C(=O)OCCO)c3ccccc3)CC2)cc1)c1ccccc1-c1ccc(C(F)(F)F)cc1. The number of alkyl halides is 3. The van der Waals surface area contributed by atoms with Gasteiger partial charge in [-0.05, 0) is 84.4 Å². The molecule has 44 heavy (non-hydrogen) atoms. The first-order valence-electron chi connectivity index (χ1n) is 14.5. The van der Waals surface area contributed by atoms with Gasteiger partial charge in [-0.2, -0.15) is 13.2 Å². The zero-order valence-corrected chi connectivity index (χ0v) is 24.0. The molecule has 1 heterocycles. The number of hydrogen-bond acceptors (Lipinski definition) is 5. The molecular weight excluding hydrogens is 569 g/mol. The van der Waals surface area contributed by atoms with Crippen LogP contribution in [0.4, 0.5) is 18.9 Å². The summed E-state index contributed by atoms with van der Waals surface area (Å²) >= 11 is 0. The number of piperidine rings is 1. The lowest BCUT2D eigenvalue weighted by Crippen LogP contribution is -2.40. The van der Waals surface area contributed by atoms with E-state index in [1.165, 1.54) is 12.1 Å². The van der Waals surface area contributed by atoms with Crippen LogP contribution in [0, 0.1) is 0 Å². The van der Waals surface area contributed by atoms with Crippen LogP contribution in [-0.2, 0) is 15.7 Å². The summed E-state index contributed by atoms with van der Waals surface area (Å²) in [5.74, 6) is -0.452. The first-order chi connectivity index (χ1) is 21.2. The van der Waals surface area contributed by atoms with Gasteiger partial charge in [-0.3, -0.25) is 9.69 Å². The lowest BCUT2D eigenvalue weighted by atomic mass is 9.88. The van der Waals surface area contributed by atoms with Crippen molar-refractivity contribution in [2.24, 2.45) is 0 Å². The highest BCUT2D eigenvalue weighted by atomic mass is 19.4. The van der Waals surface area contributed by atoms with Gasteiger partial charge >= 0.3 is 12.1 Å². The van der Waals surface area contributed by atoms with Crippen molar-refractivity contribution in [2.45, 2.75) is 31.0 Å². The average molecular weight is 603 g/mol. The molecular formula is C35H33F3N2O4. The molecule has 1 amide bonds. The van der Waals surface area contributed by atoms with Crippen LogP contribution in [0.25, 0.3) is 11.1 Å². The van der Waals surface area contributed by atoms with Gasteiger partial charge in [-0.1, -0.05) is 72.8 Å². The van der Waals surface area contributed by atoms with Gasteiger partial charge in [0, 0.05) is 11.3 Å². The highest BCUT2D eigenvalue weighted by Crippen LogP contribution is 2.34. The maximum Gasteiger partial charge on any atom is 0.416 e. The summed E-state index contributed by atoms with van der Waals surface area (Å²) in [6.07, 6.45) is -2.76. The number of anilines is 1. The number of benzene rings is 4. The number of halogens is 3. The van der Waals surface area contributed by atoms with Gasteiger partial charge in [0.05, 0.1) is 12.2 Å². The summed E-state index contributed by atoms with van der Waals surface area (Å²) in [5.41, 5.74) is 3.26. The molecule has 0 spiro atoms. The molecule has 0 aromatic heterocycles. The molecule has 9 heteroatoms. The minimum Gasteiger partial charge on any atom is -0.462 e. The smallest absolute Gasteiger partial charge is 0.416 e. The fraction of sp³-hybridized carbons (Fsp3) is 0.257. The second kappa shape index (κ2) is 13.9. The number of likely N-dealkylation sites (tertiary alicyclic amines) is 1. The maximum absolute atomic E-state index is 13.2. The lowest BCUT2D eigenvalue weighted by molar-refractivity contribution is -0.152. The zero-order chi connectivity index (χ0) is 31.1. The van der Waals surface area contributed by atoms with E-state index in [0.717, 1.165) is 36.1 Å². The van der Waals surface area contributed by atoms with E-state index >= 15 is 0 Å². The van der Waals surface area contributed by atoms with Crippen molar-refractivity contribution in [3.8, 4) is 11.1 Å². The van der Waals surface area contributed by atoms with Crippen LogP contribution in [0.5, 0.6) is 0 Å². The van der Waals surface area contributed by atoms with Gasteiger partial charge < -0.3 is 15.2 Å². The standard InChI is InChI=1S/C35H33F3N2O4/c36-35(37,38)28-14-10-26(11-15-28)30-8-4-5-9-31(30)33(42)39-29-16-12-24(13-17-29)25-18-20-40(21-19-25)32(34(43)44-23-22-41)27-6-2-1-3-7-27/h1-17,25,32,41H,18-23H2,(H,39,42). The Hall–Kier alpha value is -4.47. The number of aliphatic hydroxyl groups is 1. The van der Waals surface area contributed by atoms with Gasteiger partial charge in [-0.25, -0.2) is 4.79 Å². The number of carbonyl (C=O) groups is 2. The normalized spacial score (nSPS) is 15.0. The Bertz CT molecular complexity index is 1550. The van der Waals surface area contributed by atoms with Crippen molar-refractivity contribution >= 4 is 17.6 Å². The Kier molecular flexibility index (Phi) is 9.77. The molecule has 1 saturated heterocycles. The minimum absolute atomic E-state index is 0.0395. The van der Waals surface area contributed by atoms with Gasteiger partial charge in [0.1, 0.15) is 12.6 Å². The van der Waals surface area contributed by atoms with Gasteiger partial charge in [0.25, 0.3) is 5.91 Å². The van der Waals surface area contributed by atoms with E-state index in [4.69, 9.17) is 9.84 Å². The third kappa shape index (κ3) is 7.35. The van der Waals surface area contributed by atoms with E-state index in [0.29, 0.717) is 35.5 Å². The van der Waals surface area contributed by atoms with Crippen LogP contribution in [0.2, 0.25) is 0 Å². The number of aliphatic hydroxyl groups excluding tert-OH is 1. The Morgan fingerprint density at radius 2 is 1.50 bits per heavy atom.